The summed E-state index contributed by atoms with van der Waals surface area (Å²) in [6, 6.07) is 7.78. The molecular weight excluding hydrogens is 280 g/mol. The minimum absolute atomic E-state index is 0.195. The van der Waals surface area contributed by atoms with E-state index in [1.807, 2.05) is 36.2 Å². The van der Waals surface area contributed by atoms with Crippen LogP contribution in [0.5, 0.6) is 6.01 Å². The van der Waals surface area contributed by atoms with Crippen molar-refractivity contribution >= 4 is 23.5 Å². The summed E-state index contributed by atoms with van der Waals surface area (Å²) in [5.41, 5.74) is 3.42. The quantitative estimate of drug-likeness (QED) is 0.637. The maximum absolute atomic E-state index is 5.96. The molecule has 0 radical (unpaired) electrons. The molecule has 2 rings (SSSR count). The third-order valence-electron chi connectivity index (χ3n) is 2.56. The molecule has 3 N–H and O–H groups in total. The molecule has 0 saturated heterocycles. The highest BCUT2D eigenvalue weighted by molar-refractivity contribution is 6.30. The van der Waals surface area contributed by atoms with Gasteiger partial charge in [-0.2, -0.15) is 15.0 Å². The van der Waals surface area contributed by atoms with Crippen LogP contribution in [0.25, 0.3) is 0 Å². The Balaban J connectivity index is 2.22. The second-order valence-corrected chi connectivity index (χ2v) is 4.51. The first-order chi connectivity index (χ1) is 9.62. The molecule has 0 aliphatic rings. The Bertz CT molecular complexity index is 572. The first kappa shape index (κ1) is 14.3. The summed E-state index contributed by atoms with van der Waals surface area (Å²) in [4.78, 5) is 14.1. The number of nitrogen functional groups attached to an aromatic ring is 1. The van der Waals surface area contributed by atoms with Gasteiger partial charge in [0.15, 0.2) is 0 Å². The maximum atomic E-state index is 5.96. The van der Waals surface area contributed by atoms with E-state index in [-0.39, 0.29) is 12.0 Å². The average Bonchev–Trinajstić information content (AvgIpc) is 2.46. The fourth-order valence-corrected chi connectivity index (χ4v) is 1.87. The van der Waals surface area contributed by atoms with Crippen LogP contribution in [-0.2, 0) is 6.54 Å². The van der Waals surface area contributed by atoms with E-state index in [1.165, 1.54) is 7.11 Å². The first-order valence-electron chi connectivity index (χ1n) is 5.84. The van der Waals surface area contributed by atoms with Crippen molar-refractivity contribution in [2.75, 3.05) is 24.5 Å². The van der Waals surface area contributed by atoms with Gasteiger partial charge in [0.2, 0.25) is 11.9 Å². The van der Waals surface area contributed by atoms with E-state index >= 15 is 0 Å². The normalized spacial score (nSPS) is 10.2. The standard InChI is InChI=1S/C12H15ClN6O/c1-19(7-8-4-3-5-9(13)6-8)11-15-10(18-14)16-12(17-11)20-2/h3-6H,7,14H2,1-2H3,(H,15,16,17,18). The Morgan fingerprint density at radius 3 is 2.80 bits per heavy atom. The van der Waals surface area contributed by atoms with Crippen molar-refractivity contribution in [3.63, 3.8) is 0 Å². The number of halogens is 1. The number of nitrogens with two attached hydrogens (primary N) is 1. The van der Waals surface area contributed by atoms with Crippen molar-refractivity contribution in [3.8, 4) is 6.01 Å². The lowest BCUT2D eigenvalue weighted by molar-refractivity contribution is 0.379. The van der Waals surface area contributed by atoms with E-state index < -0.39 is 0 Å². The molecule has 106 valence electrons. The van der Waals surface area contributed by atoms with E-state index in [4.69, 9.17) is 22.2 Å². The number of nitrogens with one attached hydrogen (secondary N) is 1. The Hall–Kier alpha value is -2.12. The van der Waals surface area contributed by atoms with Crippen LogP contribution in [0, 0.1) is 0 Å². The van der Waals surface area contributed by atoms with Gasteiger partial charge in [-0.1, -0.05) is 23.7 Å². The molecule has 1 aromatic carbocycles. The Morgan fingerprint density at radius 1 is 1.35 bits per heavy atom. The number of hydrogen-bond donors (Lipinski definition) is 2. The van der Waals surface area contributed by atoms with E-state index in [9.17, 15) is 0 Å². The fourth-order valence-electron chi connectivity index (χ4n) is 1.65. The molecule has 7 nitrogen and oxygen atoms in total. The summed E-state index contributed by atoms with van der Waals surface area (Å²) in [5.74, 6) is 6.01. The lowest BCUT2D eigenvalue weighted by atomic mass is 10.2. The summed E-state index contributed by atoms with van der Waals surface area (Å²) in [7, 11) is 3.34. The average molecular weight is 295 g/mol. The summed E-state index contributed by atoms with van der Waals surface area (Å²) in [6.07, 6.45) is 0. The van der Waals surface area contributed by atoms with Crippen LogP contribution in [0.3, 0.4) is 0 Å². The molecule has 0 aliphatic carbocycles. The molecule has 0 fully saturated rings. The molecule has 8 heteroatoms. The molecule has 0 atom stereocenters. The van der Waals surface area contributed by atoms with Gasteiger partial charge in [0, 0.05) is 18.6 Å². The molecule has 0 saturated carbocycles. The molecule has 1 heterocycles. The van der Waals surface area contributed by atoms with Gasteiger partial charge in [-0.05, 0) is 17.7 Å². The zero-order chi connectivity index (χ0) is 14.5. The summed E-state index contributed by atoms with van der Waals surface area (Å²) < 4.78 is 5.01. The minimum atomic E-state index is 0.195. The summed E-state index contributed by atoms with van der Waals surface area (Å²) >= 11 is 5.96. The van der Waals surface area contributed by atoms with Gasteiger partial charge in [-0.25, -0.2) is 5.84 Å². The highest BCUT2D eigenvalue weighted by Crippen LogP contribution is 2.17. The molecule has 0 unspecified atom stereocenters. The first-order valence-corrected chi connectivity index (χ1v) is 6.22. The van der Waals surface area contributed by atoms with Gasteiger partial charge >= 0.3 is 6.01 Å². The zero-order valence-corrected chi connectivity index (χ0v) is 11.9. The molecule has 20 heavy (non-hydrogen) atoms. The van der Waals surface area contributed by atoms with Gasteiger partial charge < -0.3 is 9.64 Å². The number of hydrogen-bond acceptors (Lipinski definition) is 7. The van der Waals surface area contributed by atoms with Gasteiger partial charge in [-0.3, -0.25) is 5.43 Å². The van der Waals surface area contributed by atoms with E-state index in [1.54, 1.807) is 0 Å². The Labute approximate surface area is 121 Å². The SMILES string of the molecule is COc1nc(NN)nc(N(C)Cc2cccc(Cl)c2)n1. The summed E-state index contributed by atoms with van der Waals surface area (Å²) in [5, 5.41) is 0.688. The van der Waals surface area contributed by atoms with Crippen LogP contribution in [0.1, 0.15) is 5.56 Å². The number of hydrazine groups is 1. The number of benzene rings is 1. The predicted octanol–water partition coefficient (Wildman–Crippen LogP) is 1.46. The minimum Gasteiger partial charge on any atom is -0.467 e. The largest absolute Gasteiger partial charge is 0.467 e. The second kappa shape index (κ2) is 6.36. The number of methoxy groups -OCH3 is 1. The monoisotopic (exact) mass is 294 g/mol. The maximum Gasteiger partial charge on any atom is 0.322 e. The highest BCUT2D eigenvalue weighted by atomic mass is 35.5. The predicted molar refractivity (Wildman–Crippen MR) is 77.7 cm³/mol. The van der Waals surface area contributed by atoms with E-state index in [0.717, 1.165) is 5.56 Å². The van der Waals surface area contributed by atoms with Crippen LogP contribution in [-0.4, -0.2) is 29.1 Å². The Kier molecular flexibility index (Phi) is 4.54. The highest BCUT2D eigenvalue weighted by Gasteiger charge is 2.11. The molecule has 0 bridgehead atoms. The molecule has 1 aromatic heterocycles. The van der Waals surface area contributed by atoms with Crippen LogP contribution in [0.4, 0.5) is 11.9 Å². The number of aromatic nitrogens is 3. The molecule has 0 aliphatic heterocycles. The van der Waals surface area contributed by atoms with Gasteiger partial charge in [-0.15, -0.1) is 0 Å². The van der Waals surface area contributed by atoms with E-state index in [2.05, 4.69) is 20.4 Å². The van der Waals surface area contributed by atoms with Crippen molar-refractivity contribution in [1.82, 2.24) is 15.0 Å². The van der Waals surface area contributed by atoms with Crippen molar-refractivity contribution < 1.29 is 4.74 Å². The molecule has 0 amide bonds. The third kappa shape index (κ3) is 3.46. The second-order valence-electron chi connectivity index (χ2n) is 4.08. The lowest BCUT2D eigenvalue weighted by Crippen LogP contribution is -2.21. The molecular formula is C12H15ClN6O. The fraction of sp³-hybridized carbons (Fsp3) is 0.250. The van der Waals surface area contributed by atoms with Crippen molar-refractivity contribution in [1.29, 1.82) is 0 Å². The van der Waals surface area contributed by atoms with Crippen molar-refractivity contribution in [3.05, 3.63) is 34.9 Å². The van der Waals surface area contributed by atoms with Crippen molar-refractivity contribution in [2.45, 2.75) is 6.54 Å². The van der Waals surface area contributed by atoms with Crippen LogP contribution < -0.4 is 20.9 Å². The van der Waals surface area contributed by atoms with Gasteiger partial charge in [0.25, 0.3) is 0 Å². The molecule has 0 spiro atoms. The Morgan fingerprint density at radius 2 is 2.15 bits per heavy atom. The molecule has 2 aromatic rings. The van der Waals surface area contributed by atoms with Crippen molar-refractivity contribution in [2.24, 2.45) is 5.84 Å². The van der Waals surface area contributed by atoms with Gasteiger partial charge in [0.05, 0.1) is 7.11 Å². The third-order valence-corrected chi connectivity index (χ3v) is 2.80. The zero-order valence-electron chi connectivity index (χ0n) is 11.2. The van der Waals surface area contributed by atoms with Crippen LogP contribution >= 0.6 is 11.6 Å². The van der Waals surface area contributed by atoms with Gasteiger partial charge in [0.1, 0.15) is 0 Å². The van der Waals surface area contributed by atoms with Crippen LogP contribution in [0.15, 0.2) is 24.3 Å². The lowest BCUT2D eigenvalue weighted by Gasteiger charge is -2.18. The smallest absolute Gasteiger partial charge is 0.322 e. The summed E-state index contributed by atoms with van der Waals surface area (Å²) in [6.45, 7) is 0.595. The number of anilines is 2. The van der Waals surface area contributed by atoms with E-state index in [0.29, 0.717) is 17.5 Å². The topological polar surface area (TPSA) is 89.2 Å². The number of rotatable bonds is 5. The number of nitrogens with zero attached hydrogens (tertiary/aromatic N) is 4. The number of ether oxygens (including phenoxy) is 1. The van der Waals surface area contributed by atoms with Crippen LogP contribution in [0.2, 0.25) is 5.02 Å².